The summed E-state index contributed by atoms with van der Waals surface area (Å²) in [4.78, 5) is 4.44. The van der Waals surface area contributed by atoms with E-state index in [1.807, 2.05) is 37.3 Å². The zero-order valence-electron chi connectivity index (χ0n) is 13.7. The normalized spacial score (nSPS) is 18.8. The Kier molecular flexibility index (Phi) is 4.96. The maximum absolute atomic E-state index is 9.99. The summed E-state index contributed by atoms with van der Waals surface area (Å²) >= 11 is 0. The van der Waals surface area contributed by atoms with E-state index in [-0.39, 0.29) is 18.8 Å². The van der Waals surface area contributed by atoms with Crippen molar-refractivity contribution in [1.29, 1.82) is 0 Å². The predicted octanol–water partition coefficient (Wildman–Crippen LogP) is 1.34. The van der Waals surface area contributed by atoms with Crippen LogP contribution in [0.4, 0.5) is 0 Å². The minimum Gasteiger partial charge on any atom is -0.394 e. The van der Waals surface area contributed by atoms with Crippen molar-refractivity contribution in [2.75, 3.05) is 19.1 Å². The number of methoxy groups -OCH3 is 1. The van der Waals surface area contributed by atoms with Crippen molar-refractivity contribution >= 4 is 6.34 Å². The molecule has 128 valence electrons. The van der Waals surface area contributed by atoms with Gasteiger partial charge in [-0.3, -0.25) is 15.4 Å². The zero-order valence-corrected chi connectivity index (χ0v) is 13.7. The van der Waals surface area contributed by atoms with Gasteiger partial charge in [0.1, 0.15) is 12.5 Å². The van der Waals surface area contributed by atoms with Gasteiger partial charge in [0.15, 0.2) is 6.29 Å². The van der Waals surface area contributed by atoms with Crippen LogP contribution >= 0.6 is 0 Å². The van der Waals surface area contributed by atoms with Gasteiger partial charge in [-0.05, 0) is 18.1 Å². The van der Waals surface area contributed by atoms with E-state index in [0.29, 0.717) is 5.56 Å². The van der Waals surface area contributed by atoms with Crippen molar-refractivity contribution in [2.45, 2.75) is 25.4 Å². The Hall–Kier alpha value is -2.19. The number of hydrogen-bond donors (Lipinski definition) is 4. The van der Waals surface area contributed by atoms with Crippen LogP contribution in [-0.2, 0) is 4.74 Å². The van der Waals surface area contributed by atoms with Crippen LogP contribution in [0.25, 0.3) is 0 Å². The molecule has 1 unspecified atom stereocenters. The van der Waals surface area contributed by atoms with Crippen molar-refractivity contribution in [3.05, 3.63) is 58.9 Å². The van der Waals surface area contributed by atoms with E-state index in [2.05, 4.69) is 15.7 Å². The molecule has 3 rings (SSSR count). The molecule has 0 bridgehead atoms. The van der Waals surface area contributed by atoms with E-state index >= 15 is 0 Å². The predicted molar refractivity (Wildman–Crippen MR) is 91.1 cm³/mol. The first-order valence-corrected chi connectivity index (χ1v) is 7.78. The lowest BCUT2D eigenvalue weighted by Gasteiger charge is -2.26. The van der Waals surface area contributed by atoms with Gasteiger partial charge >= 0.3 is 0 Å². The SMILES string of the molecule is CO[C@H](O)c1cn2c(c1C)C(N[C@H](CO)c1ccccc1)N=CN2. The second kappa shape index (κ2) is 7.14. The third-order valence-electron chi connectivity index (χ3n) is 4.26. The molecule has 0 aliphatic carbocycles. The number of aliphatic hydroxyl groups is 2. The van der Waals surface area contributed by atoms with Gasteiger partial charge in [0.2, 0.25) is 0 Å². The fourth-order valence-corrected chi connectivity index (χ4v) is 2.95. The molecule has 7 heteroatoms. The van der Waals surface area contributed by atoms with Crippen molar-refractivity contribution in [3.63, 3.8) is 0 Å². The summed E-state index contributed by atoms with van der Waals surface area (Å²) in [5.41, 5.74) is 6.44. The molecular weight excluding hydrogens is 308 g/mol. The second-order valence-electron chi connectivity index (χ2n) is 5.68. The molecular formula is C17H22N4O3. The van der Waals surface area contributed by atoms with Gasteiger partial charge in [-0.25, -0.2) is 4.99 Å². The van der Waals surface area contributed by atoms with Crippen LogP contribution in [0.3, 0.4) is 0 Å². The number of aliphatic imine (C=N–C) groups is 1. The average Bonchev–Trinajstić information content (AvgIpc) is 2.97. The Labute approximate surface area is 140 Å². The monoisotopic (exact) mass is 330 g/mol. The van der Waals surface area contributed by atoms with Crippen LogP contribution in [0.15, 0.2) is 41.5 Å². The third-order valence-corrected chi connectivity index (χ3v) is 4.26. The highest BCUT2D eigenvalue weighted by molar-refractivity contribution is 5.66. The van der Waals surface area contributed by atoms with Crippen LogP contribution in [0.1, 0.15) is 40.9 Å². The topological polar surface area (TPSA) is 91.0 Å². The van der Waals surface area contributed by atoms with Gasteiger partial charge in [-0.1, -0.05) is 30.3 Å². The summed E-state index contributed by atoms with van der Waals surface area (Å²) in [6, 6.07) is 9.49. The number of aromatic nitrogens is 1. The maximum atomic E-state index is 9.99. The fourth-order valence-electron chi connectivity index (χ4n) is 2.95. The van der Waals surface area contributed by atoms with E-state index in [9.17, 15) is 10.2 Å². The van der Waals surface area contributed by atoms with Gasteiger partial charge < -0.3 is 14.9 Å². The molecule has 1 aliphatic rings. The molecule has 2 heterocycles. The van der Waals surface area contributed by atoms with E-state index in [1.165, 1.54) is 7.11 Å². The molecule has 1 aromatic heterocycles. The zero-order chi connectivity index (χ0) is 17.1. The first-order chi connectivity index (χ1) is 11.7. The summed E-state index contributed by atoms with van der Waals surface area (Å²) in [6.07, 6.45) is 2.04. The quantitative estimate of drug-likeness (QED) is 0.600. The summed E-state index contributed by atoms with van der Waals surface area (Å²) in [6.45, 7) is 1.87. The number of aliphatic hydroxyl groups excluding tert-OH is 2. The van der Waals surface area contributed by atoms with Gasteiger partial charge in [-0.15, -0.1) is 0 Å². The van der Waals surface area contributed by atoms with Crippen LogP contribution in [0, 0.1) is 6.92 Å². The molecule has 4 N–H and O–H groups in total. The highest BCUT2D eigenvalue weighted by atomic mass is 16.6. The Morgan fingerprint density at radius 2 is 2.12 bits per heavy atom. The van der Waals surface area contributed by atoms with Gasteiger partial charge in [0, 0.05) is 18.9 Å². The lowest BCUT2D eigenvalue weighted by atomic mass is 10.1. The van der Waals surface area contributed by atoms with Crippen LogP contribution in [0.5, 0.6) is 0 Å². The summed E-state index contributed by atoms with van der Waals surface area (Å²) in [5.74, 6) is 0. The van der Waals surface area contributed by atoms with E-state index in [0.717, 1.165) is 16.8 Å². The van der Waals surface area contributed by atoms with E-state index in [1.54, 1.807) is 17.2 Å². The molecule has 2 aromatic rings. The summed E-state index contributed by atoms with van der Waals surface area (Å²) in [5, 5.41) is 23.1. The molecule has 0 radical (unpaired) electrons. The Morgan fingerprint density at radius 3 is 2.79 bits per heavy atom. The van der Waals surface area contributed by atoms with Gasteiger partial charge in [0.25, 0.3) is 0 Å². The standard InChI is InChI=1S/C17H22N4O3/c1-11-13(17(23)24-2)8-21-15(11)16(18-10-19-21)20-14(9-22)12-6-4-3-5-7-12/h3-8,10,14,16-17,20,22-23H,9H2,1-2H3,(H,18,19)/t14-,16?,17+/m1/s1. The van der Waals surface area contributed by atoms with Crippen molar-refractivity contribution in [1.82, 2.24) is 9.99 Å². The number of rotatable bonds is 6. The number of ether oxygens (including phenoxy) is 1. The molecule has 1 aromatic carbocycles. The Balaban J connectivity index is 1.89. The molecule has 1 aliphatic heterocycles. The highest BCUT2D eigenvalue weighted by Crippen LogP contribution is 2.30. The fraction of sp³-hybridized carbons (Fsp3) is 0.353. The first kappa shape index (κ1) is 16.7. The van der Waals surface area contributed by atoms with Gasteiger partial charge in [-0.2, -0.15) is 0 Å². The number of hydrogen-bond acceptors (Lipinski definition) is 6. The Morgan fingerprint density at radius 1 is 1.38 bits per heavy atom. The number of benzene rings is 1. The smallest absolute Gasteiger partial charge is 0.182 e. The second-order valence-corrected chi connectivity index (χ2v) is 5.68. The maximum Gasteiger partial charge on any atom is 0.182 e. The molecule has 0 saturated heterocycles. The molecule has 0 fully saturated rings. The Bertz CT molecular complexity index is 714. The first-order valence-electron chi connectivity index (χ1n) is 7.78. The van der Waals surface area contributed by atoms with Crippen molar-refractivity contribution < 1.29 is 14.9 Å². The molecule has 0 spiro atoms. The lowest BCUT2D eigenvalue weighted by Crippen LogP contribution is -2.34. The minimum atomic E-state index is -0.992. The molecule has 24 heavy (non-hydrogen) atoms. The lowest BCUT2D eigenvalue weighted by molar-refractivity contribution is -0.0772. The van der Waals surface area contributed by atoms with Crippen LogP contribution in [-0.4, -0.2) is 34.9 Å². The number of fused-ring (bicyclic) bond motifs is 1. The summed E-state index contributed by atoms with van der Waals surface area (Å²) in [7, 11) is 1.46. The molecule has 3 atom stereocenters. The summed E-state index contributed by atoms with van der Waals surface area (Å²) < 4.78 is 6.82. The van der Waals surface area contributed by atoms with Crippen LogP contribution in [0.2, 0.25) is 0 Å². The third kappa shape index (κ3) is 3.07. The molecule has 0 amide bonds. The van der Waals surface area contributed by atoms with Crippen molar-refractivity contribution in [3.8, 4) is 0 Å². The number of nitrogens with zero attached hydrogens (tertiary/aromatic N) is 2. The average molecular weight is 330 g/mol. The van der Waals surface area contributed by atoms with E-state index in [4.69, 9.17) is 4.74 Å². The number of nitrogens with one attached hydrogen (secondary N) is 2. The largest absolute Gasteiger partial charge is 0.394 e. The molecule has 0 saturated carbocycles. The minimum absolute atomic E-state index is 0.0449. The highest BCUT2D eigenvalue weighted by Gasteiger charge is 2.27. The van der Waals surface area contributed by atoms with E-state index < -0.39 is 6.29 Å². The van der Waals surface area contributed by atoms with Crippen LogP contribution < -0.4 is 10.7 Å². The molecule has 7 nitrogen and oxygen atoms in total. The van der Waals surface area contributed by atoms with Gasteiger partial charge in [0.05, 0.1) is 18.3 Å². The van der Waals surface area contributed by atoms with Crippen molar-refractivity contribution in [2.24, 2.45) is 4.99 Å².